The van der Waals surface area contributed by atoms with Crippen LogP contribution in [0.15, 0.2) is 11.4 Å². The van der Waals surface area contributed by atoms with Gasteiger partial charge >= 0.3 is 0 Å². The van der Waals surface area contributed by atoms with E-state index in [-0.39, 0.29) is 0 Å². The third-order valence-electron chi connectivity index (χ3n) is 3.66. The highest BCUT2D eigenvalue weighted by Gasteiger charge is 2.44. The molecule has 0 aliphatic heterocycles. The van der Waals surface area contributed by atoms with Crippen LogP contribution in [0.2, 0.25) is 0 Å². The lowest BCUT2D eigenvalue weighted by molar-refractivity contribution is 0.338. The van der Waals surface area contributed by atoms with E-state index in [1.54, 1.807) is 11.3 Å². The van der Waals surface area contributed by atoms with Gasteiger partial charge in [-0.15, -0.1) is 11.3 Å². The van der Waals surface area contributed by atoms with E-state index < -0.39 is 0 Å². The Morgan fingerprint density at radius 1 is 1.53 bits per heavy atom. The van der Waals surface area contributed by atoms with Crippen molar-refractivity contribution in [3.63, 3.8) is 0 Å². The summed E-state index contributed by atoms with van der Waals surface area (Å²) < 4.78 is 0. The summed E-state index contributed by atoms with van der Waals surface area (Å²) in [6.45, 7) is 6.72. The number of rotatable bonds is 5. The van der Waals surface area contributed by atoms with Crippen molar-refractivity contribution in [3.05, 3.63) is 16.3 Å². The highest BCUT2D eigenvalue weighted by Crippen LogP contribution is 2.51. The Hall–Kier alpha value is -0.540. The fourth-order valence-corrected chi connectivity index (χ4v) is 2.81. The normalized spacial score (nSPS) is 18.3. The molecule has 3 heteroatoms. The molecule has 3 N–H and O–H groups in total. The molecule has 0 aromatic carbocycles. The van der Waals surface area contributed by atoms with Crippen LogP contribution in [0.4, 0.5) is 5.69 Å². The summed E-state index contributed by atoms with van der Waals surface area (Å²) in [5, 5.41) is 5.60. The van der Waals surface area contributed by atoms with E-state index in [1.165, 1.54) is 17.7 Å². The number of hydrogen-bond acceptors (Lipinski definition) is 3. The van der Waals surface area contributed by atoms with E-state index in [2.05, 4.69) is 24.5 Å². The molecule has 84 valence electrons. The summed E-state index contributed by atoms with van der Waals surface area (Å²) in [6, 6.07) is 1.98. The minimum atomic E-state index is 0.589. The first kappa shape index (κ1) is 11.0. The molecular formula is C12H20N2S. The van der Waals surface area contributed by atoms with Crippen molar-refractivity contribution < 1.29 is 0 Å². The van der Waals surface area contributed by atoms with Gasteiger partial charge in [0.1, 0.15) is 0 Å². The number of nitrogens with two attached hydrogens (primary N) is 1. The van der Waals surface area contributed by atoms with Gasteiger partial charge < -0.3 is 11.1 Å². The van der Waals surface area contributed by atoms with Crippen molar-refractivity contribution in [2.24, 2.45) is 11.3 Å². The van der Waals surface area contributed by atoms with Crippen molar-refractivity contribution >= 4 is 17.0 Å². The maximum absolute atomic E-state index is 5.84. The topological polar surface area (TPSA) is 38.0 Å². The molecule has 0 atom stereocenters. The van der Waals surface area contributed by atoms with E-state index in [1.807, 2.05) is 6.07 Å². The van der Waals surface area contributed by atoms with E-state index >= 15 is 0 Å². The van der Waals surface area contributed by atoms with Gasteiger partial charge in [-0.25, -0.2) is 0 Å². The molecule has 2 nitrogen and oxygen atoms in total. The van der Waals surface area contributed by atoms with Crippen LogP contribution in [0.3, 0.4) is 0 Å². The van der Waals surface area contributed by atoms with Crippen LogP contribution in [0.1, 0.15) is 31.6 Å². The van der Waals surface area contributed by atoms with Gasteiger partial charge in [0.15, 0.2) is 0 Å². The second-order valence-electron chi connectivity index (χ2n) is 4.92. The first-order valence-corrected chi connectivity index (χ1v) is 6.54. The molecule has 15 heavy (non-hydrogen) atoms. The molecule has 1 aromatic heterocycles. The summed E-state index contributed by atoms with van der Waals surface area (Å²) in [7, 11) is 0. The molecule has 0 unspecified atom stereocenters. The van der Waals surface area contributed by atoms with Crippen molar-refractivity contribution in [2.45, 2.75) is 33.2 Å². The summed E-state index contributed by atoms with van der Waals surface area (Å²) in [6.07, 6.45) is 2.77. The largest absolute Gasteiger partial charge is 0.398 e. The van der Waals surface area contributed by atoms with Gasteiger partial charge in [-0.1, -0.05) is 13.8 Å². The minimum absolute atomic E-state index is 0.589. The first-order valence-electron chi connectivity index (χ1n) is 5.67. The van der Waals surface area contributed by atoms with Gasteiger partial charge in [0, 0.05) is 23.7 Å². The lowest BCUT2D eigenvalue weighted by Gasteiger charge is -2.19. The quantitative estimate of drug-likeness (QED) is 0.807. The van der Waals surface area contributed by atoms with Crippen LogP contribution in [0.25, 0.3) is 0 Å². The second kappa shape index (κ2) is 4.14. The molecule has 1 aliphatic carbocycles. The molecule has 1 aliphatic rings. The van der Waals surface area contributed by atoms with Crippen LogP contribution in [-0.2, 0) is 6.54 Å². The molecular weight excluding hydrogens is 204 g/mol. The lowest BCUT2D eigenvalue weighted by Crippen LogP contribution is -2.27. The number of thiophene rings is 1. The average Bonchev–Trinajstić information content (AvgIpc) is 2.87. The number of hydrogen-bond donors (Lipinski definition) is 2. The minimum Gasteiger partial charge on any atom is -0.398 e. The van der Waals surface area contributed by atoms with Gasteiger partial charge in [0.05, 0.1) is 0 Å². The maximum Gasteiger partial charge on any atom is 0.0468 e. The Kier molecular flexibility index (Phi) is 3.03. The summed E-state index contributed by atoms with van der Waals surface area (Å²) in [5.41, 5.74) is 7.36. The monoisotopic (exact) mass is 224 g/mol. The van der Waals surface area contributed by atoms with Crippen molar-refractivity contribution in [3.8, 4) is 0 Å². The maximum atomic E-state index is 5.84. The highest BCUT2D eigenvalue weighted by atomic mass is 32.1. The molecule has 1 fully saturated rings. The van der Waals surface area contributed by atoms with Crippen LogP contribution in [0.5, 0.6) is 0 Å². The molecule has 1 heterocycles. The number of nitrogen functional groups attached to an aromatic ring is 1. The summed E-state index contributed by atoms with van der Waals surface area (Å²) in [5.74, 6) is 0.797. The van der Waals surface area contributed by atoms with E-state index in [4.69, 9.17) is 5.73 Å². The molecule has 0 amide bonds. The Labute approximate surface area is 95.9 Å². The Morgan fingerprint density at radius 2 is 2.27 bits per heavy atom. The zero-order chi connectivity index (χ0) is 10.9. The molecule has 0 radical (unpaired) electrons. The van der Waals surface area contributed by atoms with E-state index in [0.29, 0.717) is 5.41 Å². The zero-order valence-electron chi connectivity index (χ0n) is 9.55. The lowest BCUT2D eigenvalue weighted by atomic mass is 9.92. The molecule has 0 bridgehead atoms. The SMILES string of the molecule is CC(C)C1(CNCc2sccc2N)CC1. The Morgan fingerprint density at radius 3 is 2.73 bits per heavy atom. The zero-order valence-corrected chi connectivity index (χ0v) is 10.4. The Balaban J connectivity index is 1.78. The van der Waals surface area contributed by atoms with Crippen LogP contribution >= 0.6 is 11.3 Å². The predicted molar refractivity (Wildman–Crippen MR) is 66.9 cm³/mol. The molecule has 0 spiro atoms. The van der Waals surface area contributed by atoms with Gasteiger partial charge in [-0.05, 0) is 35.6 Å². The summed E-state index contributed by atoms with van der Waals surface area (Å²) in [4.78, 5) is 1.27. The third-order valence-corrected chi connectivity index (χ3v) is 4.60. The van der Waals surface area contributed by atoms with Gasteiger partial charge in [0.2, 0.25) is 0 Å². The van der Waals surface area contributed by atoms with Crippen LogP contribution < -0.4 is 11.1 Å². The van der Waals surface area contributed by atoms with E-state index in [0.717, 1.165) is 24.7 Å². The van der Waals surface area contributed by atoms with E-state index in [9.17, 15) is 0 Å². The van der Waals surface area contributed by atoms with Crippen molar-refractivity contribution in [1.29, 1.82) is 0 Å². The molecule has 2 rings (SSSR count). The number of nitrogens with one attached hydrogen (secondary N) is 1. The molecule has 0 saturated heterocycles. The summed E-state index contributed by atoms with van der Waals surface area (Å²) >= 11 is 1.74. The predicted octanol–water partition coefficient (Wildman–Crippen LogP) is 2.86. The second-order valence-corrected chi connectivity index (χ2v) is 5.92. The van der Waals surface area contributed by atoms with Crippen LogP contribution in [0, 0.1) is 11.3 Å². The number of anilines is 1. The van der Waals surface area contributed by atoms with Crippen LogP contribution in [-0.4, -0.2) is 6.54 Å². The fourth-order valence-electron chi connectivity index (χ4n) is 2.04. The van der Waals surface area contributed by atoms with Crippen molar-refractivity contribution in [1.82, 2.24) is 5.32 Å². The van der Waals surface area contributed by atoms with Gasteiger partial charge in [-0.2, -0.15) is 0 Å². The first-order chi connectivity index (χ1) is 7.14. The highest BCUT2D eigenvalue weighted by molar-refractivity contribution is 7.10. The fraction of sp³-hybridized carbons (Fsp3) is 0.667. The van der Waals surface area contributed by atoms with Crippen molar-refractivity contribution in [2.75, 3.05) is 12.3 Å². The smallest absolute Gasteiger partial charge is 0.0468 e. The van der Waals surface area contributed by atoms with Gasteiger partial charge in [0.25, 0.3) is 0 Å². The molecule has 1 saturated carbocycles. The molecule has 1 aromatic rings. The standard InChI is InChI=1S/C12H20N2S/c1-9(2)12(4-5-12)8-14-7-11-10(13)3-6-15-11/h3,6,9,14H,4-5,7-8,13H2,1-2H3. The Bertz CT molecular complexity index is 326. The average molecular weight is 224 g/mol. The third kappa shape index (κ3) is 2.34. The van der Waals surface area contributed by atoms with Gasteiger partial charge in [-0.3, -0.25) is 0 Å².